The summed E-state index contributed by atoms with van der Waals surface area (Å²) in [6, 6.07) is 3.77. The minimum atomic E-state index is -0.0800. The largest absolute Gasteiger partial charge is 0.295 e. The first-order chi connectivity index (χ1) is 6.66. The lowest BCUT2D eigenvalue weighted by molar-refractivity contribution is -0.117. The van der Waals surface area contributed by atoms with Gasteiger partial charge in [0.05, 0.1) is 5.38 Å². The van der Waals surface area contributed by atoms with Crippen LogP contribution in [-0.4, -0.2) is 22.8 Å². The molecule has 2 heterocycles. The summed E-state index contributed by atoms with van der Waals surface area (Å²) in [7, 11) is 0. The number of carbonyl (C=O) groups is 1. The highest BCUT2D eigenvalue weighted by molar-refractivity contribution is 14.1. The van der Waals surface area contributed by atoms with Gasteiger partial charge in [0, 0.05) is 22.7 Å². The number of nitrogens with zero attached hydrogens (tertiary/aromatic N) is 2. The van der Waals surface area contributed by atoms with Crippen molar-refractivity contribution in [2.75, 3.05) is 11.4 Å². The molecule has 3 nitrogen and oxygen atoms in total. The quantitative estimate of drug-likeness (QED) is 0.585. The molecule has 1 atom stereocenters. The van der Waals surface area contributed by atoms with Gasteiger partial charge in [-0.25, -0.2) is 4.98 Å². The van der Waals surface area contributed by atoms with Crippen LogP contribution in [0, 0.1) is 3.57 Å². The predicted octanol–water partition coefficient (Wildman–Crippen LogP) is 2.03. The lowest BCUT2D eigenvalue weighted by Gasteiger charge is -2.13. The number of pyridine rings is 1. The average molecular weight is 323 g/mol. The van der Waals surface area contributed by atoms with Crippen molar-refractivity contribution in [2.24, 2.45) is 0 Å². The van der Waals surface area contributed by atoms with Crippen molar-refractivity contribution in [1.29, 1.82) is 0 Å². The summed E-state index contributed by atoms with van der Waals surface area (Å²) in [6.07, 6.45) is 2.15. The first-order valence-corrected chi connectivity index (χ1v) is 5.74. The van der Waals surface area contributed by atoms with E-state index < -0.39 is 0 Å². The van der Waals surface area contributed by atoms with Gasteiger partial charge < -0.3 is 0 Å². The number of aromatic nitrogens is 1. The maximum atomic E-state index is 11.5. The van der Waals surface area contributed by atoms with E-state index in [4.69, 9.17) is 11.6 Å². The molecule has 1 saturated heterocycles. The molecule has 0 bridgehead atoms. The van der Waals surface area contributed by atoms with Gasteiger partial charge in [0.25, 0.3) is 0 Å². The predicted molar refractivity (Wildman–Crippen MR) is 63.6 cm³/mol. The number of halogens is 2. The molecule has 1 aromatic rings. The Balaban J connectivity index is 2.23. The molecule has 14 heavy (non-hydrogen) atoms. The molecule has 1 fully saturated rings. The van der Waals surface area contributed by atoms with E-state index >= 15 is 0 Å². The van der Waals surface area contributed by atoms with Crippen LogP contribution in [0.5, 0.6) is 0 Å². The van der Waals surface area contributed by atoms with E-state index in [1.807, 2.05) is 12.1 Å². The van der Waals surface area contributed by atoms with Crippen LogP contribution >= 0.6 is 34.2 Å². The second-order valence-electron chi connectivity index (χ2n) is 3.14. The van der Waals surface area contributed by atoms with E-state index in [1.165, 1.54) is 0 Å². The zero-order chi connectivity index (χ0) is 10.1. The third kappa shape index (κ3) is 2.00. The standard InChI is InChI=1S/C9H8ClIN2O/c10-6-3-9(14)13(5-6)8-2-1-7(11)4-12-8/h1-2,4,6H,3,5H2. The van der Waals surface area contributed by atoms with Gasteiger partial charge in [-0.05, 0) is 34.7 Å². The fourth-order valence-corrected chi connectivity index (χ4v) is 2.00. The molecule has 1 aliphatic rings. The van der Waals surface area contributed by atoms with Gasteiger partial charge in [-0.3, -0.25) is 9.69 Å². The maximum Gasteiger partial charge on any atom is 0.229 e. The van der Waals surface area contributed by atoms with Gasteiger partial charge in [-0.15, -0.1) is 11.6 Å². The smallest absolute Gasteiger partial charge is 0.229 e. The van der Waals surface area contributed by atoms with E-state index in [0.29, 0.717) is 18.8 Å². The Kier molecular flexibility index (Phi) is 2.92. The number of amides is 1. The molecule has 1 aromatic heterocycles. The lowest BCUT2D eigenvalue weighted by atomic mass is 10.4. The summed E-state index contributed by atoms with van der Waals surface area (Å²) in [5.74, 6) is 0.747. The second kappa shape index (κ2) is 4.02. The van der Waals surface area contributed by atoms with Crippen molar-refractivity contribution < 1.29 is 4.79 Å². The Labute approximate surface area is 101 Å². The maximum absolute atomic E-state index is 11.5. The van der Waals surface area contributed by atoms with E-state index in [1.54, 1.807) is 11.1 Å². The molecule has 5 heteroatoms. The number of alkyl halides is 1. The third-order valence-corrected chi connectivity index (χ3v) is 3.00. The highest BCUT2D eigenvalue weighted by atomic mass is 127. The summed E-state index contributed by atoms with van der Waals surface area (Å²) in [5, 5.41) is -0.0800. The average Bonchev–Trinajstić information content (AvgIpc) is 2.47. The topological polar surface area (TPSA) is 33.2 Å². The van der Waals surface area contributed by atoms with Crippen molar-refractivity contribution >= 4 is 45.9 Å². The molecule has 1 unspecified atom stereocenters. The minimum Gasteiger partial charge on any atom is -0.295 e. The fraction of sp³-hybridized carbons (Fsp3) is 0.333. The number of hydrogen-bond donors (Lipinski definition) is 0. The van der Waals surface area contributed by atoms with Crippen molar-refractivity contribution in [1.82, 2.24) is 4.98 Å². The zero-order valence-electron chi connectivity index (χ0n) is 7.28. The summed E-state index contributed by atoms with van der Waals surface area (Å²) >= 11 is 8.07. The number of anilines is 1. The molecule has 0 aromatic carbocycles. The summed E-state index contributed by atoms with van der Waals surface area (Å²) in [4.78, 5) is 17.3. The molecule has 0 spiro atoms. The molecule has 0 N–H and O–H groups in total. The van der Waals surface area contributed by atoms with Crippen molar-refractivity contribution in [2.45, 2.75) is 11.8 Å². The molecule has 1 aliphatic heterocycles. The van der Waals surface area contributed by atoms with Crippen LogP contribution in [-0.2, 0) is 4.79 Å². The van der Waals surface area contributed by atoms with Crippen LogP contribution in [0.4, 0.5) is 5.82 Å². The molecular formula is C9H8ClIN2O. The summed E-state index contributed by atoms with van der Waals surface area (Å²) < 4.78 is 1.06. The van der Waals surface area contributed by atoms with Crippen LogP contribution in [0.2, 0.25) is 0 Å². The van der Waals surface area contributed by atoms with E-state index in [2.05, 4.69) is 27.6 Å². The van der Waals surface area contributed by atoms with Crippen LogP contribution in [0.15, 0.2) is 18.3 Å². The Bertz CT molecular complexity index is 354. The summed E-state index contributed by atoms with van der Waals surface area (Å²) in [5.41, 5.74) is 0. The third-order valence-electron chi connectivity index (χ3n) is 2.07. The van der Waals surface area contributed by atoms with Gasteiger partial charge >= 0.3 is 0 Å². The molecular weight excluding hydrogens is 314 g/mol. The van der Waals surface area contributed by atoms with Crippen LogP contribution in [0.1, 0.15) is 6.42 Å². The lowest BCUT2D eigenvalue weighted by Crippen LogP contribution is -2.25. The number of rotatable bonds is 1. The molecule has 0 radical (unpaired) electrons. The molecule has 2 rings (SSSR count). The Morgan fingerprint density at radius 3 is 2.86 bits per heavy atom. The van der Waals surface area contributed by atoms with E-state index in [-0.39, 0.29) is 11.3 Å². The van der Waals surface area contributed by atoms with E-state index in [9.17, 15) is 4.79 Å². The molecule has 74 valence electrons. The van der Waals surface area contributed by atoms with Crippen molar-refractivity contribution in [3.8, 4) is 0 Å². The van der Waals surface area contributed by atoms with Gasteiger partial charge in [0.2, 0.25) is 5.91 Å². The minimum absolute atomic E-state index is 0.0544. The Morgan fingerprint density at radius 1 is 1.57 bits per heavy atom. The second-order valence-corrected chi connectivity index (χ2v) is 5.00. The van der Waals surface area contributed by atoms with Gasteiger partial charge in [-0.2, -0.15) is 0 Å². The molecule has 1 amide bonds. The normalized spacial score (nSPS) is 21.7. The first kappa shape index (κ1) is 10.2. The zero-order valence-corrected chi connectivity index (χ0v) is 10.2. The van der Waals surface area contributed by atoms with Gasteiger partial charge in [0.1, 0.15) is 5.82 Å². The molecule has 0 saturated carbocycles. The van der Waals surface area contributed by atoms with Crippen LogP contribution in [0.3, 0.4) is 0 Å². The Morgan fingerprint density at radius 2 is 2.36 bits per heavy atom. The number of carbonyl (C=O) groups excluding carboxylic acids is 1. The van der Waals surface area contributed by atoms with Crippen molar-refractivity contribution in [3.63, 3.8) is 0 Å². The first-order valence-electron chi connectivity index (χ1n) is 4.23. The van der Waals surface area contributed by atoms with Crippen LogP contribution < -0.4 is 4.90 Å². The van der Waals surface area contributed by atoms with Crippen LogP contribution in [0.25, 0.3) is 0 Å². The SMILES string of the molecule is O=C1CC(Cl)CN1c1ccc(I)cn1. The van der Waals surface area contributed by atoms with Crippen molar-refractivity contribution in [3.05, 3.63) is 21.9 Å². The monoisotopic (exact) mass is 322 g/mol. The highest BCUT2D eigenvalue weighted by Crippen LogP contribution is 2.22. The highest BCUT2D eigenvalue weighted by Gasteiger charge is 2.29. The fourth-order valence-electron chi connectivity index (χ4n) is 1.41. The van der Waals surface area contributed by atoms with Gasteiger partial charge in [-0.1, -0.05) is 0 Å². The Hall–Kier alpha value is -0.360. The summed E-state index contributed by atoms with van der Waals surface area (Å²) in [6.45, 7) is 0.563. The van der Waals surface area contributed by atoms with Gasteiger partial charge in [0.15, 0.2) is 0 Å². The molecule has 0 aliphatic carbocycles. The number of hydrogen-bond acceptors (Lipinski definition) is 2. The van der Waals surface area contributed by atoms with E-state index in [0.717, 1.165) is 3.57 Å².